The maximum absolute atomic E-state index is 12.5. The Kier molecular flexibility index (Phi) is 6.04. The molecular weight excluding hydrogens is 328 g/mol. The first kappa shape index (κ1) is 18.2. The Hall–Kier alpha value is -2.63. The number of methoxy groups -OCH3 is 1. The second kappa shape index (κ2) is 8.65. The summed E-state index contributed by atoms with van der Waals surface area (Å²) < 4.78 is 5.14. The molecule has 138 valence electrons. The minimum atomic E-state index is -0.186. The molecule has 1 aliphatic heterocycles. The normalized spacial score (nSPS) is 17.0. The maximum atomic E-state index is 12.5. The van der Waals surface area contributed by atoms with Gasteiger partial charge in [-0.05, 0) is 43.4 Å². The number of hydrogen-bond acceptors (Lipinski definition) is 5. The van der Waals surface area contributed by atoms with Gasteiger partial charge >= 0.3 is 0 Å². The summed E-state index contributed by atoms with van der Waals surface area (Å²) in [6.07, 6.45) is 6.18. The summed E-state index contributed by atoms with van der Waals surface area (Å²) in [7, 11) is 1.63. The molecular formula is C20H26N4O2. The summed E-state index contributed by atoms with van der Waals surface area (Å²) in [4.78, 5) is 23.4. The average molecular weight is 354 g/mol. The molecule has 0 radical (unpaired) electrons. The summed E-state index contributed by atoms with van der Waals surface area (Å²) >= 11 is 0. The molecule has 26 heavy (non-hydrogen) atoms. The first-order valence-electron chi connectivity index (χ1n) is 9.21. The molecule has 1 unspecified atom stereocenters. The van der Waals surface area contributed by atoms with Crippen molar-refractivity contribution in [2.24, 2.45) is 0 Å². The van der Waals surface area contributed by atoms with Crippen molar-refractivity contribution in [3.05, 3.63) is 47.9 Å². The Morgan fingerprint density at radius 1 is 1.27 bits per heavy atom. The highest BCUT2D eigenvalue weighted by Crippen LogP contribution is 2.25. The van der Waals surface area contributed by atoms with Gasteiger partial charge in [-0.25, -0.2) is 9.97 Å². The lowest BCUT2D eigenvalue weighted by atomic mass is 10.00. The van der Waals surface area contributed by atoms with Crippen molar-refractivity contribution >= 4 is 11.7 Å². The van der Waals surface area contributed by atoms with Gasteiger partial charge in [-0.3, -0.25) is 4.79 Å². The third kappa shape index (κ3) is 4.31. The molecule has 1 saturated heterocycles. The molecule has 1 atom stereocenters. The Bertz CT molecular complexity index is 733. The number of carbonyl (C=O) groups excluding carboxylic acids is 1. The molecule has 0 bridgehead atoms. The zero-order chi connectivity index (χ0) is 18.4. The summed E-state index contributed by atoms with van der Waals surface area (Å²) in [5.41, 5.74) is 1.42. The van der Waals surface area contributed by atoms with Crippen molar-refractivity contribution in [3.63, 3.8) is 0 Å². The zero-order valence-electron chi connectivity index (χ0n) is 15.4. The SMILES string of the molecule is CCC1CCCCN1c1cc(C(=O)NCc2ccc(OC)cc2)ncn1. The van der Waals surface area contributed by atoms with Crippen LogP contribution in [-0.4, -0.2) is 35.6 Å². The van der Waals surface area contributed by atoms with E-state index >= 15 is 0 Å². The van der Waals surface area contributed by atoms with E-state index in [4.69, 9.17) is 4.74 Å². The Morgan fingerprint density at radius 3 is 2.81 bits per heavy atom. The van der Waals surface area contributed by atoms with Gasteiger partial charge in [0.05, 0.1) is 7.11 Å². The van der Waals surface area contributed by atoms with E-state index in [1.165, 1.54) is 25.6 Å². The van der Waals surface area contributed by atoms with Crippen LogP contribution in [0.15, 0.2) is 36.7 Å². The molecule has 0 spiro atoms. The fraction of sp³-hybridized carbons (Fsp3) is 0.450. The summed E-state index contributed by atoms with van der Waals surface area (Å²) in [6.45, 7) is 3.64. The van der Waals surface area contributed by atoms with Crippen molar-refractivity contribution in [2.45, 2.75) is 45.2 Å². The number of aromatic nitrogens is 2. The van der Waals surface area contributed by atoms with Crippen LogP contribution < -0.4 is 15.0 Å². The van der Waals surface area contributed by atoms with Crippen molar-refractivity contribution < 1.29 is 9.53 Å². The van der Waals surface area contributed by atoms with Gasteiger partial charge in [0.2, 0.25) is 0 Å². The van der Waals surface area contributed by atoms with E-state index in [9.17, 15) is 4.79 Å². The molecule has 1 N–H and O–H groups in total. The predicted molar refractivity (Wildman–Crippen MR) is 101 cm³/mol. The van der Waals surface area contributed by atoms with Crippen LogP contribution in [0.5, 0.6) is 5.75 Å². The molecule has 6 nitrogen and oxygen atoms in total. The molecule has 2 aromatic rings. The lowest BCUT2D eigenvalue weighted by molar-refractivity contribution is 0.0945. The fourth-order valence-electron chi connectivity index (χ4n) is 3.37. The van der Waals surface area contributed by atoms with Crippen LogP contribution >= 0.6 is 0 Å². The highest BCUT2D eigenvalue weighted by atomic mass is 16.5. The topological polar surface area (TPSA) is 67.4 Å². The number of rotatable bonds is 6. The lowest BCUT2D eigenvalue weighted by Gasteiger charge is -2.36. The molecule has 1 amide bonds. The molecule has 6 heteroatoms. The zero-order valence-corrected chi connectivity index (χ0v) is 15.4. The number of nitrogens with one attached hydrogen (secondary N) is 1. The summed E-state index contributed by atoms with van der Waals surface area (Å²) in [5.74, 6) is 1.46. The molecule has 1 aliphatic rings. The van der Waals surface area contributed by atoms with Gasteiger partial charge in [-0.15, -0.1) is 0 Å². The monoisotopic (exact) mass is 354 g/mol. The van der Waals surface area contributed by atoms with Crippen LogP contribution in [-0.2, 0) is 6.54 Å². The summed E-state index contributed by atoms with van der Waals surface area (Å²) in [6, 6.07) is 9.93. The van der Waals surface area contributed by atoms with Crippen molar-refractivity contribution in [1.29, 1.82) is 0 Å². The molecule has 1 aromatic carbocycles. The summed E-state index contributed by atoms with van der Waals surface area (Å²) in [5, 5.41) is 2.92. The first-order valence-corrected chi connectivity index (χ1v) is 9.21. The predicted octanol–water partition coefficient (Wildman–Crippen LogP) is 3.18. The van der Waals surface area contributed by atoms with Crippen LogP contribution in [0.3, 0.4) is 0 Å². The number of ether oxygens (including phenoxy) is 1. The van der Waals surface area contributed by atoms with Crippen LogP contribution in [0.1, 0.15) is 48.7 Å². The third-order valence-corrected chi connectivity index (χ3v) is 4.89. The van der Waals surface area contributed by atoms with E-state index in [0.717, 1.165) is 30.1 Å². The van der Waals surface area contributed by atoms with E-state index in [1.807, 2.05) is 24.3 Å². The number of benzene rings is 1. The molecule has 3 rings (SSSR count). The van der Waals surface area contributed by atoms with Crippen LogP contribution in [0.25, 0.3) is 0 Å². The molecule has 0 saturated carbocycles. The lowest BCUT2D eigenvalue weighted by Crippen LogP contribution is -2.39. The van der Waals surface area contributed by atoms with Crippen molar-refractivity contribution in [1.82, 2.24) is 15.3 Å². The number of carbonyl (C=O) groups is 1. The highest BCUT2D eigenvalue weighted by Gasteiger charge is 2.23. The number of piperidine rings is 1. The van der Waals surface area contributed by atoms with Gasteiger partial charge in [-0.2, -0.15) is 0 Å². The first-order chi connectivity index (χ1) is 12.7. The van der Waals surface area contributed by atoms with E-state index in [1.54, 1.807) is 13.2 Å². The Balaban J connectivity index is 1.65. The van der Waals surface area contributed by atoms with E-state index < -0.39 is 0 Å². The quantitative estimate of drug-likeness (QED) is 0.863. The molecule has 1 fully saturated rings. The van der Waals surface area contributed by atoms with E-state index in [-0.39, 0.29) is 5.91 Å². The Labute approximate surface area is 154 Å². The van der Waals surface area contributed by atoms with Crippen molar-refractivity contribution in [2.75, 3.05) is 18.6 Å². The number of hydrogen-bond donors (Lipinski definition) is 1. The van der Waals surface area contributed by atoms with E-state index in [2.05, 4.69) is 27.1 Å². The maximum Gasteiger partial charge on any atom is 0.270 e. The number of anilines is 1. The highest BCUT2D eigenvalue weighted by molar-refractivity contribution is 5.92. The van der Waals surface area contributed by atoms with Gasteiger partial charge in [0, 0.05) is 25.2 Å². The molecule has 2 heterocycles. The second-order valence-electron chi connectivity index (χ2n) is 6.54. The van der Waals surface area contributed by atoms with Crippen LogP contribution in [0, 0.1) is 0 Å². The average Bonchev–Trinajstić information content (AvgIpc) is 2.72. The largest absolute Gasteiger partial charge is 0.497 e. The van der Waals surface area contributed by atoms with Gasteiger partial charge < -0.3 is 15.0 Å². The van der Waals surface area contributed by atoms with Crippen LogP contribution in [0.2, 0.25) is 0 Å². The minimum absolute atomic E-state index is 0.186. The van der Waals surface area contributed by atoms with Gasteiger partial charge in [0.1, 0.15) is 23.6 Å². The number of amides is 1. The fourth-order valence-corrected chi connectivity index (χ4v) is 3.37. The second-order valence-corrected chi connectivity index (χ2v) is 6.54. The van der Waals surface area contributed by atoms with E-state index in [0.29, 0.717) is 18.3 Å². The Morgan fingerprint density at radius 2 is 2.08 bits per heavy atom. The van der Waals surface area contributed by atoms with Crippen LogP contribution in [0.4, 0.5) is 5.82 Å². The molecule has 0 aliphatic carbocycles. The van der Waals surface area contributed by atoms with Crippen molar-refractivity contribution in [3.8, 4) is 5.75 Å². The number of nitrogens with zero attached hydrogens (tertiary/aromatic N) is 3. The van der Waals surface area contributed by atoms with Gasteiger partial charge in [0.15, 0.2) is 0 Å². The smallest absolute Gasteiger partial charge is 0.270 e. The van der Waals surface area contributed by atoms with Gasteiger partial charge in [-0.1, -0.05) is 19.1 Å². The van der Waals surface area contributed by atoms with Gasteiger partial charge in [0.25, 0.3) is 5.91 Å². The third-order valence-electron chi connectivity index (χ3n) is 4.89. The standard InChI is InChI=1S/C20H26N4O2/c1-3-16-6-4-5-11-24(16)19-12-18(22-14-23-19)20(25)21-13-15-7-9-17(26-2)10-8-15/h7-10,12,14,16H,3-6,11,13H2,1-2H3,(H,21,25). The minimum Gasteiger partial charge on any atom is -0.497 e. The molecule has 1 aromatic heterocycles.